The summed E-state index contributed by atoms with van der Waals surface area (Å²) in [5.41, 5.74) is 0. The molecule has 3 unspecified atom stereocenters. The topological polar surface area (TPSA) is 89.8 Å². The molecule has 0 aliphatic carbocycles. The van der Waals surface area contributed by atoms with Crippen molar-refractivity contribution in [2.45, 2.75) is 250 Å². The summed E-state index contributed by atoms with van der Waals surface area (Å²) in [4.78, 5) is 12.4. The van der Waals surface area contributed by atoms with Crippen molar-refractivity contribution in [2.24, 2.45) is 0 Å². The first-order chi connectivity index (χ1) is 26.5. The van der Waals surface area contributed by atoms with Gasteiger partial charge in [0, 0.05) is 0 Å². The van der Waals surface area contributed by atoms with Crippen molar-refractivity contribution < 1.29 is 20.1 Å². The fraction of sp³-hybridized carbons (Fsp3) is 0.816. The smallest absolute Gasteiger partial charge is 0.222 e. The summed E-state index contributed by atoms with van der Waals surface area (Å²) in [7, 11) is 0. The zero-order valence-electron chi connectivity index (χ0n) is 35.8. The van der Waals surface area contributed by atoms with E-state index in [-0.39, 0.29) is 18.9 Å². The van der Waals surface area contributed by atoms with E-state index >= 15 is 0 Å². The lowest BCUT2D eigenvalue weighted by Gasteiger charge is -2.21. The minimum Gasteiger partial charge on any atom is -0.394 e. The molecule has 0 aliphatic heterocycles. The molecule has 0 heterocycles. The first-order valence-electron chi connectivity index (χ1n) is 23.4. The Morgan fingerprint density at radius 1 is 0.481 bits per heavy atom. The Morgan fingerprint density at radius 2 is 0.852 bits per heavy atom. The highest BCUT2D eigenvalue weighted by molar-refractivity contribution is 5.76. The predicted molar refractivity (Wildman–Crippen MR) is 236 cm³/mol. The Balaban J connectivity index is 3.56. The van der Waals surface area contributed by atoms with Gasteiger partial charge in [-0.2, -0.15) is 0 Å². The Labute approximate surface area is 336 Å². The second-order valence-corrected chi connectivity index (χ2v) is 16.0. The lowest BCUT2D eigenvalue weighted by atomic mass is 10.0. The average molecular weight is 758 g/mol. The van der Waals surface area contributed by atoms with Crippen LogP contribution in [-0.2, 0) is 4.79 Å². The van der Waals surface area contributed by atoms with E-state index in [2.05, 4.69) is 55.6 Å². The van der Waals surface area contributed by atoms with Gasteiger partial charge in [-0.05, 0) is 64.2 Å². The van der Waals surface area contributed by atoms with E-state index in [0.717, 1.165) is 38.5 Å². The number of carbonyl (C=O) groups excluding carboxylic acids is 1. The largest absolute Gasteiger partial charge is 0.394 e. The van der Waals surface area contributed by atoms with Gasteiger partial charge in [-0.25, -0.2) is 0 Å². The summed E-state index contributed by atoms with van der Waals surface area (Å²) in [5, 5.41) is 33.1. The molecule has 0 bridgehead atoms. The van der Waals surface area contributed by atoms with Gasteiger partial charge in [0.15, 0.2) is 0 Å². The van der Waals surface area contributed by atoms with Gasteiger partial charge >= 0.3 is 0 Å². The number of allylic oxidation sites excluding steroid dienone is 7. The molecule has 0 fully saturated rings. The predicted octanol–water partition coefficient (Wildman–Crippen LogP) is 13.7. The van der Waals surface area contributed by atoms with Gasteiger partial charge in [-0.15, -0.1) is 0 Å². The van der Waals surface area contributed by atoms with Crippen LogP contribution in [-0.4, -0.2) is 46.1 Å². The van der Waals surface area contributed by atoms with E-state index in [1.54, 1.807) is 6.08 Å². The van der Waals surface area contributed by atoms with Crippen LogP contribution in [0.3, 0.4) is 0 Å². The van der Waals surface area contributed by atoms with E-state index in [9.17, 15) is 20.1 Å². The first-order valence-corrected chi connectivity index (χ1v) is 23.4. The van der Waals surface area contributed by atoms with Crippen LogP contribution in [0.5, 0.6) is 0 Å². The molecule has 0 aromatic heterocycles. The minimum atomic E-state index is -0.950. The summed E-state index contributed by atoms with van der Waals surface area (Å²) in [6.45, 7) is 4.16. The number of hydrogen-bond acceptors (Lipinski definition) is 4. The molecule has 0 rings (SSSR count). The number of aliphatic hydroxyl groups excluding tert-OH is 3. The van der Waals surface area contributed by atoms with Gasteiger partial charge in [0.1, 0.15) is 0 Å². The van der Waals surface area contributed by atoms with Crippen LogP contribution < -0.4 is 5.32 Å². The second-order valence-electron chi connectivity index (χ2n) is 16.0. The van der Waals surface area contributed by atoms with Crippen LogP contribution in [0.2, 0.25) is 0 Å². The summed E-state index contributed by atoms with van der Waals surface area (Å²) in [5.74, 6) is -0.328. The first kappa shape index (κ1) is 52.3. The maximum Gasteiger partial charge on any atom is 0.222 e. The van der Waals surface area contributed by atoms with Crippen molar-refractivity contribution in [3.05, 3.63) is 48.6 Å². The van der Waals surface area contributed by atoms with E-state index in [1.807, 2.05) is 6.08 Å². The highest BCUT2D eigenvalue weighted by Gasteiger charge is 2.20. The average Bonchev–Trinajstić information content (AvgIpc) is 3.16. The van der Waals surface area contributed by atoms with Gasteiger partial charge in [-0.3, -0.25) is 4.79 Å². The standard InChI is InChI=1S/C49H91NO4/c1-3-5-7-9-11-13-15-16-17-18-19-20-21-22-23-24-25-26-27-28-29-30-31-32-33-34-36-38-40-42-46(52)44-49(54)50-47(45-51)48(53)43-41-39-37-35-14-12-10-8-6-4-2/h14,19-20,22-23,35,41,43,46-48,51-53H,3-13,15-18,21,24-34,36-40,42,44-45H2,1-2H3,(H,50,54)/b20-19-,23-22-,35-14+,43-41+. The van der Waals surface area contributed by atoms with Crippen LogP contribution in [0.4, 0.5) is 0 Å². The zero-order valence-corrected chi connectivity index (χ0v) is 35.8. The Hall–Kier alpha value is -1.69. The van der Waals surface area contributed by atoms with Crippen LogP contribution >= 0.6 is 0 Å². The quantitative estimate of drug-likeness (QED) is 0.0369. The third-order valence-electron chi connectivity index (χ3n) is 10.6. The molecule has 0 radical (unpaired) electrons. The van der Waals surface area contributed by atoms with Gasteiger partial charge in [-0.1, -0.05) is 210 Å². The molecule has 0 aliphatic rings. The Kier molecular flexibility index (Phi) is 42.7. The van der Waals surface area contributed by atoms with Crippen molar-refractivity contribution in [3.63, 3.8) is 0 Å². The van der Waals surface area contributed by atoms with Crippen molar-refractivity contribution >= 4 is 5.91 Å². The van der Waals surface area contributed by atoms with Crippen LogP contribution in [0.15, 0.2) is 48.6 Å². The molecule has 5 heteroatoms. The molecule has 54 heavy (non-hydrogen) atoms. The van der Waals surface area contributed by atoms with Crippen LogP contribution in [0, 0.1) is 0 Å². The molecule has 0 saturated carbocycles. The molecule has 316 valence electrons. The number of unbranched alkanes of at least 4 members (excludes halogenated alkanes) is 27. The molecule has 1 amide bonds. The fourth-order valence-corrected chi connectivity index (χ4v) is 6.97. The molecule has 0 aromatic carbocycles. The fourth-order valence-electron chi connectivity index (χ4n) is 6.97. The lowest BCUT2D eigenvalue weighted by molar-refractivity contribution is -0.124. The van der Waals surface area contributed by atoms with Crippen molar-refractivity contribution in [1.29, 1.82) is 0 Å². The molecule has 5 nitrogen and oxygen atoms in total. The molecule has 0 saturated heterocycles. The maximum absolute atomic E-state index is 12.4. The summed E-state index contributed by atoms with van der Waals surface area (Å²) >= 11 is 0. The van der Waals surface area contributed by atoms with Crippen LogP contribution in [0.25, 0.3) is 0 Å². The lowest BCUT2D eigenvalue weighted by Crippen LogP contribution is -2.45. The number of amides is 1. The van der Waals surface area contributed by atoms with Crippen LogP contribution in [0.1, 0.15) is 232 Å². The Morgan fingerprint density at radius 3 is 1.31 bits per heavy atom. The van der Waals surface area contributed by atoms with Gasteiger partial charge in [0.25, 0.3) is 0 Å². The minimum absolute atomic E-state index is 0.00435. The van der Waals surface area contributed by atoms with Crippen molar-refractivity contribution in [2.75, 3.05) is 6.61 Å². The van der Waals surface area contributed by atoms with Gasteiger partial charge in [0.05, 0.1) is 31.3 Å². The number of hydrogen-bond donors (Lipinski definition) is 4. The van der Waals surface area contributed by atoms with E-state index < -0.39 is 18.2 Å². The molecular weight excluding hydrogens is 667 g/mol. The zero-order chi connectivity index (χ0) is 39.4. The monoisotopic (exact) mass is 758 g/mol. The molecule has 4 N–H and O–H groups in total. The third-order valence-corrected chi connectivity index (χ3v) is 10.6. The summed E-state index contributed by atoms with van der Waals surface area (Å²) < 4.78 is 0. The van der Waals surface area contributed by atoms with Crippen molar-refractivity contribution in [3.8, 4) is 0 Å². The molecule has 0 aromatic rings. The maximum atomic E-state index is 12.4. The van der Waals surface area contributed by atoms with E-state index in [1.165, 1.54) is 167 Å². The number of rotatable bonds is 42. The molecule has 0 spiro atoms. The molecule has 3 atom stereocenters. The van der Waals surface area contributed by atoms with Gasteiger partial charge in [0.2, 0.25) is 5.91 Å². The Bertz CT molecular complexity index is 881. The van der Waals surface area contributed by atoms with Gasteiger partial charge < -0.3 is 20.6 Å². The number of nitrogens with one attached hydrogen (secondary N) is 1. The number of aliphatic hydroxyl groups is 3. The normalized spacial score (nSPS) is 13.9. The molecular formula is C49H91NO4. The number of carbonyl (C=O) groups is 1. The summed E-state index contributed by atoms with van der Waals surface area (Å²) in [6, 6.07) is -0.760. The SMILES string of the molecule is CCCCCC/C=C/CC/C=C/C(O)C(CO)NC(=O)CC(O)CCCCCCCCCCCCCCC/C=C\C/C=C\CCCCCCCCCCC. The third kappa shape index (κ3) is 40.0. The highest BCUT2D eigenvalue weighted by Crippen LogP contribution is 2.15. The van der Waals surface area contributed by atoms with Crippen molar-refractivity contribution in [1.82, 2.24) is 5.32 Å². The second kappa shape index (κ2) is 44.0. The summed E-state index contributed by atoms with van der Waals surface area (Å²) in [6.07, 6.45) is 57.1. The van der Waals surface area contributed by atoms with E-state index in [4.69, 9.17) is 0 Å². The highest BCUT2D eigenvalue weighted by atomic mass is 16.3. The van der Waals surface area contributed by atoms with E-state index in [0.29, 0.717) is 6.42 Å².